The van der Waals surface area contributed by atoms with Crippen molar-refractivity contribution in [1.82, 2.24) is 0 Å². The lowest BCUT2D eigenvalue weighted by molar-refractivity contribution is 0.556. The van der Waals surface area contributed by atoms with Crippen LogP contribution in [0.25, 0.3) is 6.08 Å². The first kappa shape index (κ1) is 11.3. The van der Waals surface area contributed by atoms with Crippen LogP contribution in [-0.2, 0) is 0 Å². The zero-order valence-corrected chi connectivity index (χ0v) is 10.6. The van der Waals surface area contributed by atoms with Crippen LogP contribution < -0.4 is 4.43 Å². The van der Waals surface area contributed by atoms with E-state index in [-0.39, 0.29) is 0 Å². The van der Waals surface area contributed by atoms with Crippen LogP contribution in [-0.4, -0.2) is 8.32 Å². The van der Waals surface area contributed by atoms with Crippen LogP contribution in [0.5, 0.6) is 5.75 Å². The third kappa shape index (κ3) is 3.20. The molecule has 0 spiro atoms. The molecule has 0 radical (unpaired) electrons. The van der Waals surface area contributed by atoms with Crippen molar-refractivity contribution in [1.29, 1.82) is 0 Å². The van der Waals surface area contributed by atoms with Crippen LogP contribution in [0.1, 0.15) is 5.56 Å². The van der Waals surface area contributed by atoms with Crippen molar-refractivity contribution in [2.75, 3.05) is 0 Å². The summed E-state index contributed by atoms with van der Waals surface area (Å²) in [4.78, 5) is 0. The van der Waals surface area contributed by atoms with E-state index in [1.54, 1.807) is 6.08 Å². The van der Waals surface area contributed by atoms with Gasteiger partial charge >= 0.3 is 0 Å². The van der Waals surface area contributed by atoms with Crippen LogP contribution in [0.4, 0.5) is 0 Å². The number of benzene rings is 1. The van der Waals surface area contributed by atoms with Crippen LogP contribution in [0.2, 0.25) is 24.7 Å². The molecule has 0 aliphatic carbocycles. The van der Waals surface area contributed by atoms with Gasteiger partial charge < -0.3 is 4.43 Å². The topological polar surface area (TPSA) is 9.23 Å². The van der Waals surface area contributed by atoms with E-state index in [0.29, 0.717) is 5.02 Å². The highest BCUT2D eigenvalue weighted by atomic mass is 35.5. The van der Waals surface area contributed by atoms with Crippen molar-refractivity contribution in [2.45, 2.75) is 19.6 Å². The van der Waals surface area contributed by atoms with E-state index >= 15 is 0 Å². The zero-order valence-electron chi connectivity index (χ0n) is 8.80. The number of rotatable bonds is 3. The first-order valence-electron chi connectivity index (χ1n) is 4.53. The maximum Gasteiger partial charge on any atom is 0.242 e. The maximum atomic E-state index is 5.90. The van der Waals surface area contributed by atoms with Crippen LogP contribution in [0.15, 0.2) is 24.8 Å². The molecule has 1 nitrogen and oxygen atoms in total. The largest absolute Gasteiger partial charge is 0.544 e. The van der Waals surface area contributed by atoms with Crippen molar-refractivity contribution in [3.8, 4) is 5.75 Å². The fourth-order valence-electron chi connectivity index (χ4n) is 1.10. The molecule has 14 heavy (non-hydrogen) atoms. The molecule has 3 heteroatoms. The molecule has 0 unspecified atom stereocenters. The summed E-state index contributed by atoms with van der Waals surface area (Å²) in [6.07, 6.45) is 1.78. The van der Waals surface area contributed by atoms with E-state index in [2.05, 4.69) is 26.2 Å². The highest BCUT2D eigenvalue weighted by Gasteiger charge is 2.17. The van der Waals surface area contributed by atoms with E-state index in [0.717, 1.165) is 11.3 Å². The molecular weight excluding hydrogens is 212 g/mol. The number of hydrogen-bond acceptors (Lipinski definition) is 1. The highest BCUT2D eigenvalue weighted by Crippen LogP contribution is 2.26. The Bertz CT molecular complexity index is 342. The Morgan fingerprint density at radius 2 is 2.00 bits per heavy atom. The van der Waals surface area contributed by atoms with E-state index in [1.807, 2.05) is 18.2 Å². The minimum atomic E-state index is -1.58. The SMILES string of the molecule is C=Cc1ccc(Cl)cc1O[Si](C)(C)C. The molecule has 0 saturated heterocycles. The van der Waals surface area contributed by atoms with Gasteiger partial charge in [0.15, 0.2) is 0 Å². The monoisotopic (exact) mass is 226 g/mol. The van der Waals surface area contributed by atoms with Gasteiger partial charge in [-0.05, 0) is 37.8 Å². The average molecular weight is 227 g/mol. The Morgan fingerprint density at radius 3 is 2.50 bits per heavy atom. The molecule has 0 N–H and O–H groups in total. The van der Waals surface area contributed by atoms with E-state index in [9.17, 15) is 0 Å². The zero-order chi connectivity index (χ0) is 10.8. The van der Waals surface area contributed by atoms with E-state index in [1.165, 1.54) is 0 Å². The standard InChI is InChI=1S/C11H15ClOSi/c1-5-9-6-7-10(12)8-11(9)13-14(2,3)4/h5-8H,1H2,2-4H3. The molecule has 1 aromatic rings. The Morgan fingerprint density at radius 1 is 1.36 bits per heavy atom. The van der Waals surface area contributed by atoms with E-state index < -0.39 is 8.32 Å². The van der Waals surface area contributed by atoms with Crippen molar-refractivity contribution >= 4 is 26.0 Å². The first-order valence-corrected chi connectivity index (χ1v) is 8.32. The molecule has 0 aliphatic rings. The predicted octanol–water partition coefficient (Wildman–Crippen LogP) is 4.20. The van der Waals surface area contributed by atoms with Gasteiger partial charge in [0.25, 0.3) is 0 Å². The molecule has 0 amide bonds. The van der Waals surface area contributed by atoms with Crippen molar-refractivity contribution in [3.63, 3.8) is 0 Å². The van der Waals surface area contributed by atoms with Gasteiger partial charge in [0.2, 0.25) is 8.32 Å². The molecule has 0 aliphatic heterocycles. The van der Waals surface area contributed by atoms with Crippen molar-refractivity contribution in [2.24, 2.45) is 0 Å². The molecule has 0 saturated carbocycles. The van der Waals surface area contributed by atoms with Gasteiger partial charge in [0.1, 0.15) is 5.75 Å². The van der Waals surface area contributed by atoms with Crippen molar-refractivity contribution < 1.29 is 4.43 Å². The molecule has 0 fully saturated rings. The first-order chi connectivity index (χ1) is 6.42. The van der Waals surface area contributed by atoms with Gasteiger partial charge in [0, 0.05) is 10.6 Å². The molecule has 0 bridgehead atoms. The van der Waals surface area contributed by atoms with Gasteiger partial charge in [-0.25, -0.2) is 0 Å². The molecule has 0 aromatic heterocycles. The second-order valence-electron chi connectivity index (χ2n) is 4.10. The Labute approximate surface area is 91.5 Å². The van der Waals surface area contributed by atoms with Gasteiger partial charge in [-0.2, -0.15) is 0 Å². The van der Waals surface area contributed by atoms with Crippen LogP contribution in [0.3, 0.4) is 0 Å². The maximum absolute atomic E-state index is 5.90. The van der Waals surface area contributed by atoms with Gasteiger partial charge in [0.05, 0.1) is 0 Å². The quantitative estimate of drug-likeness (QED) is 0.702. The second-order valence-corrected chi connectivity index (χ2v) is 8.97. The smallest absolute Gasteiger partial charge is 0.242 e. The third-order valence-corrected chi connectivity index (χ3v) is 2.68. The van der Waals surface area contributed by atoms with Gasteiger partial charge in [-0.15, -0.1) is 0 Å². The fourth-order valence-corrected chi connectivity index (χ4v) is 2.09. The number of hydrogen-bond donors (Lipinski definition) is 0. The molecule has 1 aromatic carbocycles. The summed E-state index contributed by atoms with van der Waals surface area (Å²) in [7, 11) is -1.58. The summed E-state index contributed by atoms with van der Waals surface area (Å²) in [5.41, 5.74) is 0.997. The third-order valence-electron chi connectivity index (χ3n) is 1.61. The van der Waals surface area contributed by atoms with E-state index in [4.69, 9.17) is 16.0 Å². The predicted molar refractivity (Wildman–Crippen MR) is 65.5 cm³/mol. The van der Waals surface area contributed by atoms with Gasteiger partial charge in [-0.3, -0.25) is 0 Å². The van der Waals surface area contributed by atoms with Crippen LogP contribution in [0, 0.1) is 0 Å². The van der Waals surface area contributed by atoms with Crippen molar-refractivity contribution in [3.05, 3.63) is 35.4 Å². The number of halogens is 1. The lowest BCUT2D eigenvalue weighted by atomic mass is 10.2. The second kappa shape index (κ2) is 4.19. The minimum Gasteiger partial charge on any atom is -0.544 e. The summed E-state index contributed by atoms with van der Waals surface area (Å²) >= 11 is 5.90. The summed E-state index contributed by atoms with van der Waals surface area (Å²) < 4.78 is 5.89. The normalized spacial score (nSPS) is 11.1. The molecule has 0 atom stereocenters. The lowest BCUT2D eigenvalue weighted by Crippen LogP contribution is -2.29. The summed E-state index contributed by atoms with van der Waals surface area (Å²) in [5.74, 6) is 0.840. The van der Waals surface area contributed by atoms with Gasteiger partial charge in [-0.1, -0.05) is 24.3 Å². The average Bonchev–Trinajstić information content (AvgIpc) is 2.01. The Balaban J connectivity index is 3.05. The summed E-state index contributed by atoms with van der Waals surface area (Å²) in [6, 6.07) is 5.61. The lowest BCUT2D eigenvalue weighted by Gasteiger charge is -2.20. The molecule has 1 rings (SSSR count). The highest BCUT2D eigenvalue weighted by molar-refractivity contribution is 6.70. The Kier molecular flexibility index (Phi) is 3.40. The summed E-state index contributed by atoms with van der Waals surface area (Å²) in [5, 5.41) is 0.698. The fraction of sp³-hybridized carbons (Fsp3) is 0.273. The molecule has 76 valence electrons. The van der Waals surface area contributed by atoms with Crippen LogP contribution >= 0.6 is 11.6 Å². The molecule has 0 heterocycles. The minimum absolute atomic E-state index is 0.698. The molecular formula is C11H15ClOSi. The Hall–Kier alpha value is -0.733. The summed E-state index contributed by atoms with van der Waals surface area (Å²) in [6.45, 7) is 10.2.